The Kier molecular flexibility index (Phi) is 4.09. The second-order valence-electron chi connectivity index (χ2n) is 3.97. The average molecular weight is 288 g/mol. The number of carbonyl (C=O) groups is 2. The minimum Gasteiger partial charge on any atom is -0.459 e. The van der Waals surface area contributed by atoms with E-state index in [4.69, 9.17) is 27.9 Å². The van der Waals surface area contributed by atoms with Crippen molar-refractivity contribution in [2.45, 2.75) is 25.5 Å². The number of amides is 1. The first-order chi connectivity index (χ1) is 8.58. The molecule has 0 spiro atoms. The van der Waals surface area contributed by atoms with E-state index < -0.39 is 12.0 Å². The molecule has 96 valence electrons. The lowest BCUT2D eigenvalue weighted by Gasteiger charge is -2.11. The van der Waals surface area contributed by atoms with Crippen LogP contribution in [0.15, 0.2) is 18.2 Å². The molecule has 1 saturated heterocycles. The molecule has 6 heteroatoms. The van der Waals surface area contributed by atoms with Gasteiger partial charge in [-0.1, -0.05) is 29.3 Å². The number of benzene rings is 1. The summed E-state index contributed by atoms with van der Waals surface area (Å²) in [6, 6.07) is 4.51. The predicted molar refractivity (Wildman–Crippen MR) is 67.4 cm³/mol. The van der Waals surface area contributed by atoms with Gasteiger partial charge in [-0.05, 0) is 18.6 Å². The van der Waals surface area contributed by atoms with Crippen molar-refractivity contribution in [3.05, 3.63) is 33.8 Å². The van der Waals surface area contributed by atoms with E-state index in [2.05, 4.69) is 5.32 Å². The highest BCUT2D eigenvalue weighted by atomic mass is 35.5. The van der Waals surface area contributed by atoms with Gasteiger partial charge in [0.2, 0.25) is 5.91 Å². The average Bonchev–Trinajstić information content (AvgIpc) is 2.75. The molecule has 0 aliphatic carbocycles. The first kappa shape index (κ1) is 13.2. The van der Waals surface area contributed by atoms with Crippen LogP contribution < -0.4 is 5.32 Å². The summed E-state index contributed by atoms with van der Waals surface area (Å²) in [5, 5.41) is 3.44. The Morgan fingerprint density at radius 3 is 2.61 bits per heavy atom. The zero-order chi connectivity index (χ0) is 13.1. The van der Waals surface area contributed by atoms with Gasteiger partial charge in [-0.25, -0.2) is 4.79 Å². The van der Waals surface area contributed by atoms with Gasteiger partial charge in [-0.15, -0.1) is 0 Å². The Morgan fingerprint density at radius 1 is 1.39 bits per heavy atom. The van der Waals surface area contributed by atoms with Gasteiger partial charge in [0.25, 0.3) is 0 Å². The Labute approximate surface area is 114 Å². The third kappa shape index (κ3) is 2.94. The highest BCUT2D eigenvalue weighted by Gasteiger charge is 2.28. The highest BCUT2D eigenvalue weighted by Crippen LogP contribution is 2.25. The molecule has 18 heavy (non-hydrogen) atoms. The number of esters is 1. The summed E-state index contributed by atoms with van der Waals surface area (Å²) in [5.74, 6) is -0.593. The van der Waals surface area contributed by atoms with E-state index in [0.717, 1.165) is 0 Å². The van der Waals surface area contributed by atoms with Crippen LogP contribution in [0.2, 0.25) is 10.0 Å². The summed E-state index contributed by atoms with van der Waals surface area (Å²) in [7, 11) is 0. The molecule has 1 heterocycles. The van der Waals surface area contributed by atoms with Crippen LogP contribution in [0.1, 0.15) is 18.4 Å². The van der Waals surface area contributed by atoms with Crippen molar-refractivity contribution in [2.75, 3.05) is 0 Å². The molecule has 1 atom stereocenters. The lowest BCUT2D eigenvalue weighted by molar-refractivity contribution is -0.147. The van der Waals surface area contributed by atoms with Crippen molar-refractivity contribution in [2.24, 2.45) is 0 Å². The standard InChI is InChI=1S/C12H11Cl2NO3/c13-8-2-1-3-9(14)7(8)6-18-12(17)10-4-5-11(16)15-10/h1-3,10H,4-6H2,(H,15,16)/t10-/m1/s1. The first-order valence-electron chi connectivity index (χ1n) is 5.47. The zero-order valence-corrected chi connectivity index (χ0v) is 10.9. The van der Waals surface area contributed by atoms with Crippen molar-refractivity contribution >= 4 is 35.1 Å². The van der Waals surface area contributed by atoms with Crippen molar-refractivity contribution in [1.82, 2.24) is 5.32 Å². The normalized spacial score (nSPS) is 18.6. The molecule has 0 saturated carbocycles. The highest BCUT2D eigenvalue weighted by molar-refractivity contribution is 6.35. The number of hydrogen-bond acceptors (Lipinski definition) is 3. The van der Waals surface area contributed by atoms with Gasteiger partial charge in [-0.2, -0.15) is 0 Å². The van der Waals surface area contributed by atoms with Gasteiger partial charge in [0.15, 0.2) is 0 Å². The molecule has 1 aliphatic heterocycles. The van der Waals surface area contributed by atoms with Crippen LogP contribution in [-0.4, -0.2) is 17.9 Å². The van der Waals surface area contributed by atoms with Gasteiger partial charge in [0.1, 0.15) is 12.6 Å². The van der Waals surface area contributed by atoms with Gasteiger partial charge in [0, 0.05) is 22.0 Å². The fourth-order valence-corrected chi connectivity index (χ4v) is 2.21. The lowest BCUT2D eigenvalue weighted by atomic mass is 10.2. The van der Waals surface area contributed by atoms with Gasteiger partial charge in [-0.3, -0.25) is 4.79 Å². The Hall–Kier alpha value is -1.26. The van der Waals surface area contributed by atoms with Crippen molar-refractivity contribution in [3.63, 3.8) is 0 Å². The quantitative estimate of drug-likeness (QED) is 0.868. The van der Waals surface area contributed by atoms with E-state index in [1.807, 2.05) is 0 Å². The topological polar surface area (TPSA) is 55.4 Å². The van der Waals surface area contributed by atoms with E-state index >= 15 is 0 Å². The summed E-state index contributed by atoms with van der Waals surface area (Å²) >= 11 is 11.9. The summed E-state index contributed by atoms with van der Waals surface area (Å²) < 4.78 is 5.10. The number of ether oxygens (including phenoxy) is 1. The van der Waals surface area contributed by atoms with Gasteiger partial charge >= 0.3 is 5.97 Å². The number of nitrogens with one attached hydrogen (secondary N) is 1. The van der Waals surface area contributed by atoms with E-state index in [1.165, 1.54) is 0 Å². The van der Waals surface area contributed by atoms with Gasteiger partial charge < -0.3 is 10.1 Å². The van der Waals surface area contributed by atoms with Crippen LogP contribution >= 0.6 is 23.2 Å². The third-order valence-electron chi connectivity index (χ3n) is 2.70. The van der Waals surface area contributed by atoms with Crippen molar-refractivity contribution in [3.8, 4) is 0 Å². The third-order valence-corrected chi connectivity index (χ3v) is 3.41. The number of rotatable bonds is 3. The smallest absolute Gasteiger partial charge is 0.328 e. The molecule has 0 unspecified atom stereocenters. The van der Waals surface area contributed by atoms with Crippen LogP contribution in [-0.2, 0) is 20.9 Å². The Morgan fingerprint density at radius 2 is 2.06 bits per heavy atom. The molecule has 1 aromatic rings. The number of hydrogen-bond donors (Lipinski definition) is 1. The fourth-order valence-electron chi connectivity index (χ4n) is 1.70. The van der Waals surface area contributed by atoms with Crippen LogP contribution in [0.5, 0.6) is 0 Å². The predicted octanol–water partition coefficient (Wildman–Crippen LogP) is 2.32. The SMILES string of the molecule is O=C1CC[C@H](C(=O)OCc2c(Cl)cccc2Cl)N1. The van der Waals surface area contributed by atoms with E-state index in [-0.39, 0.29) is 12.5 Å². The molecule has 4 nitrogen and oxygen atoms in total. The number of carbonyl (C=O) groups excluding carboxylic acids is 2. The molecule has 0 radical (unpaired) electrons. The van der Waals surface area contributed by atoms with Crippen molar-refractivity contribution in [1.29, 1.82) is 0 Å². The Bertz CT molecular complexity index is 470. The Balaban J connectivity index is 1.95. The summed E-state index contributed by atoms with van der Waals surface area (Å²) in [5.41, 5.74) is 0.568. The minimum atomic E-state index is -0.557. The molecular weight excluding hydrogens is 277 g/mol. The maximum atomic E-state index is 11.7. The first-order valence-corrected chi connectivity index (χ1v) is 6.22. The monoisotopic (exact) mass is 287 g/mol. The molecule has 1 fully saturated rings. The van der Waals surface area contributed by atoms with E-state index in [0.29, 0.717) is 28.5 Å². The molecule has 2 rings (SSSR count). The molecular formula is C12H11Cl2NO3. The van der Waals surface area contributed by atoms with Crippen LogP contribution in [0.3, 0.4) is 0 Å². The molecule has 1 aliphatic rings. The largest absolute Gasteiger partial charge is 0.459 e. The zero-order valence-electron chi connectivity index (χ0n) is 9.41. The van der Waals surface area contributed by atoms with Crippen molar-refractivity contribution < 1.29 is 14.3 Å². The van der Waals surface area contributed by atoms with Crippen LogP contribution in [0, 0.1) is 0 Å². The maximum Gasteiger partial charge on any atom is 0.328 e. The number of halogens is 2. The summed E-state index contributed by atoms with van der Waals surface area (Å²) in [4.78, 5) is 22.6. The lowest BCUT2D eigenvalue weighted by Crippen LogP contribution is -2.34. The van der Waals surface area contributed by atoms with E-state index in [1.54, 1.807) is 18.2 Å². The fraction of sp³-hybridized carbons (Fsp3) is 0.333. The molecule has 0 bridgehead atoms. The summed E-state index contributed by atoms with van der Waals surface area (Å²) in [6.45, 7) is 0.00368. The molecule has 1 aromatic carbocycles. The molecule has 1 N–H and O–H groups in total. The van der Waals surface area contributed by atoms with E-state index in [9.17, 15) is 9.59 Å². The summed E-state index contributed by atoms with van der Waals surface area (Å²) in [6.07, 6.45) is 0.820. The minimum absolute atomic E-state index is 0.00368. The molecule has 1 amide bonds. The van der Waals surface area contributed by atoms with Crippen LogP contribution in [0.4, 0.5) is 0 Å². The second kappa shape index (κ2) is 5.59. The van der Waals surface area contributed by atoms with Gasteiger partial charge in [0.05, 0.1) is 0 Å². The van der Waals surface area contributed by atoms with Crippen LogP contribution in [0.25, 0.3) is 0 Å². The molecule has 0 aromatic heterocycles. The maximum absolute atomic E-state index is 11.7. The second-order valence-corrected chi connectivity index (χ2v) is 4.78.